The first-order valence-corrected chi connectivity index (χ1v) is 13.6. The second kappa shape index (κ2) is 7.20. The summed E-state index contributed by atoms with van der Waals surface area (Å²) in [6, 6.07) is 0.0586. The molecule has 7 aliphatic rings. The third-order valence-corrected chi connectivity index (χ3v) is 12.1. The minimum absolute atomic E-state index is 0.00174. The van der Waals surface area contributed by atoms with Gasteiger partial charge in [0, 0.05) is 64.4 Å². The maximum absolute atomic E-state index is 12.8. The van der Waals surface area contributed by atoms with Crippen molar-refractivity contribution in [3.63, 3.8) is 0 Å². The number of esters is 1. The lowest BCUT2D eigenvalue weighted by molar-refractivity contribution is -0.282. The largest absolute Gasteiger partial charge is 0.459 e. The maximum Gasteiger partial charge on any atom is 0.303 e. The van der Waals surface area contributed by atoms with E-state index >= 15 is 0 Å². The first kappa shape index (κ1) is 23.4. The van der Waals surface area contributed by atoms with Crippen molar-refractivity contribution in [1.82, 2.24) is 4.90 Å². The Balaban J connectivity index is 1.57. The molecule has 3 spiro atoms. The number of carbonyl (C=O) groups is 1. The molecule has 7 rings (SSSR count). The fourth-order valence-corrected chi connectivity index (χ4v) is 11.7. The van der Waals surface area contributed by atoms with Crippen LogP contribution in [0.1, 0.15) is 46.5 Å². The van der Waals surface area contributed by atoms with Gasteiger partial charge in [0.15, 0.2) is 5.60 Å². The fraction of sp³-hybridized carbons (Fsp3) is 0.963. The van der Waals surface area contributed by atoms with Crippen LogP contribution in [0.15, 0.2) is 0 Å². The number of ether oxygens (including phenoxy) is 6. The first-order valence-electron chi connectivity index (χ1n) is 13.6. The molecule has 5 unspecified atom stereocenters. The van der Waals surface area contributed by atoms with E-state index in [1.807, 2.05) is 21.3 Å². The van der Waals surface area contributed by atoms with Crippen LogP contribution in [0, 0.1) is 34.5 Å². The van der Waals surface area contributed by atoms with Crippen molar-refractivity contribution in [3.8, 4) is 0 Å². The van der Waals surface area contributed by atoms with Crippen LogP contribution in [0.25, 0.3) is 0 Å². The number of hydrogen-bond acceptors (Lipinski definition) is 8. The van der Waals surface area contributed by atoms with Crippen molar-refractivity contribution in [2.75, 3.05) is 41.2 Å². The highest BCUT2D eigenvalue weighted by atomic mass is 16.7. The minimum atomic E-state index is -0.776. The summed E-state index contributed by atoms with van der Waals surface area (Å²) >= 11 is 0. The van der Waals surface area contributed by atoms with Gasteiger partial charge in [-0.05, 0) is 37.1 Å². The van der Waals surface area contributed by atoms with Crippen LogP contribution in [0.5, 0.6) is 0 Å². The zero-order valence-corrected chi connectivity index (χ0v) is 22.0. The van der Waals surface area contributed by atoms with Gasteiger partial charge in [0.05, 0.1) is 24.4 Å². The van der Waals surface area contributed by atoms with Gasteiger partial charge in [-0.3, -0.25) is 9.69 Å². The molecule has 5 saturated carbocycles. The van der Waals surface area contributed by atoms with Gasteiger partial charge in [0.1, 0.15) is 18.5 Å². The van der Waals surface area contributed by atoms with Crippen LogP contribution in [0.2, 0.25) is 0 Å². The molecule has 0 amide bonds. The van der Waals surface area contributed by atoms with Crippen molar-refractivity contribution in [1.29, 1.82) is 0 Å². The molecule has 8 nitrogen and oxygen atoms in total. The molecule has 0 aromatic carbocycles. The van der Waals surface area contributed by atoms with Crippen molar-refractivity contribution in [2.24, 2.45) is 34.5 Å². The molecule has 13 atom stereocenters. The van der Waals surface area contributed by atoms with Gasteiger partial charge < -0.3 is 28.4 Å². The van der Waals surface area contributed by atoms with Gasteiger partial charge in [0.25, 0.3) is 0 Å². The van der Waals surface area contributed by atoms with E-state index in [1.165, 1.54) is 0 Å². The Labute approximate surface area is 208 Å². The zero-order chi connectivity index (χ0) is 24.5. The number of rotatable bonds is 5. The van der Waals surface area contributed by atoms with E-state index in [9.17, 15) is 4.79 Å². The Morgan fingerprint density at radius 1 is 1.14 bits per heavy atom. The Kier molecular flexibility index (Phi) is 4.81. The molecular formula is C27H41NO7. The molecule has 2 saturated heterocycles. The van der Waals surface area contributed by atoms with E-state index in [1.54, 1.807) is 6.92 Å². The summed E-state index contributed by atoms with van der Waals surface area (Å²) < 4.78 is 39.2. The number of likely N-dealkylation sites (tertiary alicyclic amines) is 1. The number of carbonyl (C=O) groups excluding carboxylic acids is 1. The lowest BCUT2D eigenvalue weighted by Gasteiger charge is -2.69. The third-order valence-electron chi connectivity index (χ3n) is 12.1. The molecule has 0 aromatic heterocycles. The van der Waals surface area contributed by atoms with Crippen LogP contribution in [0.4, 0.5) is 0 Å². The highest BCUT2D eigenvalue weighted by molar-refractivity contribution is 5.67. The Bertz CT molecular complexity index is 931. The minimum Gasteiger partial charge on any atom is -0.459 e. The highest BCUT2D eigenvalue weighted by Gasteiger charge is 2.94. The van der Waals surface area contributed by atoms with Gasteiger partial charge in [-0.2, -0.15) is 0 Å². The first-order chi connectivity index (χ1) is 16.8. The van der Waals surface area contributed by atoms with Crippen molar-refractivity contribution in [3.05, 3.63) is 0 Å². The van der Waals surface area contributed by atoms with Gasteiger partial charge in [0.2, 0.25) is 0 Å². The zero-order valence-electron chi connectivity index (χ0n) is 22.0. The van der Waals surface area contributed by atoms with Gasteiger partial charge in [-0.25, -0.2) is 0 Å². The maximum atomic E-state index is 12.8. The molecule has 0 radical (unpaired) electrons. The van der Waals surface area contributed by atoms with Crippen molar-refractivity contribution >= 4 is 5.97 Å². The number of methoxy groups -OCH3 is 3. The number of piperidine rings is 1. The molecule has 8 heteroatoms. The normalized spacial score (nSPS) is 59.4. The van der Waals surface area contributed by atoms with Crippen molar-refractivity contribution < 1.29 is 33.2 Å². The Morgan fingerprint density at radius 2 is 1.94 bits per heavy atom. The summed E-state index contributed by atoms with van der Waals surface area (Å²) in [6.45, 7) is 8.34. The van der Waals surface area contributed by atoms with Crippen LogP contribution in [-0.2, 0) is 33.2 Å². The molecule has 2 heterocycles. The predicted octanol–water partition coefficient (Wildman–Crippen LogP) is 2.24. The number of fused-ring (bicyclic) bond motifs is 1. The third kappa shape index (κ3) is 2.24. The van der Waals surface area contributed by atoms with E-state index < -0.39 is 11.2 Å². The van der Waals surface area contributed by atoms with Crippen molar-refractivity contribution in [2.45, 2.75) is 88.1 Å². The fourth-order valence-electron chi connectivity index (χ4n) is 11.7. The molecule has 7 bridgehead atoms. The average Bonchev–Trinajstić information content (AvgIpc) is 3.41. The summed E-state index contributed by atoms with van der Waals surface area (Å²) in [6.07, 6.45) is 3.57. The highest BCUT2D eigenvalue weighted by Crippen LogP contribution is 2.82. The van der Waals surface area contributed by atoms with Crippen LogP contribution < -0.4 is 0 Å². The quantitative estimate of drug-likeness (QED) is 0.542. The summed E-state index contributed by atoms with van der Waals surface area (Å²) in [5.41, 5.74) is -1.61. The topological polar surface area (TPSA) is 75.7 Å². The van der Waals surface area contributed by atoms with Gasteiger partial charge in [-0.15, -0.1) is 0 Å². The Morgan fingerprint density at radius 3 is 2.60 bits per heavy atom. The molecule has 35 heavy (non-hydrogen) atoms. The molecule has 7 fully saturated rings. The molecule has 0 aromatic rings. The number of nitrogens with zero attached hydrogens (tertiary/aromatic N) is 1. The average molecular weight is 492 g/mol. The Hall–Kier alpha value is -0.770. The van der Waals surface area contributed by atoms with Crippen LogP contribution in [-0.4, -0.2) is 93.7 Å². The lowest BCUT2D eigenvalue weighted by Crippen LogP contribution is -2.81. The summed E-state index contributed by atoms with van der Waals surface area (Å²) in [5, 5.41) is 0. The van der Waals surface area contributed by atoms with E-state index in [2.05, 4.69) is 18.7 Å². The molecule has 0 N–H and O–H groups in total. The lowest BCUT2D eigenvalue weighted by atomic mass is 9.43. The molecule has 2 aliphatic heterocycles. The standard InChI is InChI=1S/C27H41NO7/c1-7-28-12-24(3)9-8-18(31-5)26-16-10-15-17(30-4)11-25(19(16)20(15)32-6)27(23(26)28,34-13-33-25)22(21(24)26)35-14(2)29/h15-23H,7-13H2,1-6H3/t15-,16-,17+,18?,19-,20?,21-,22?,23-,24+,25-,26?,27?/m1/s1. The van der Waals surface area contributed by atoms with Gasteiger partial charge in [-0.1, -0.05) is 13.8 Å². The smallest absolute Gasteiger partial charge is 0.303 e. The summed E-state index contributed by atoms with van der Waals surface area (Å²) in [7, 11) is 5.52. The van der Waals surface area contributed by atoms with E-state index in [0.717, 1.165) is 38.8 Å². The number of likely N-dealkylation sites (N-methyl/N-ethyl adjacent to an activating group) is 1. The second-order valence-corrected chi connectivity index (χ2v) is 12.7. The van der Waals surface area contributed by atoms with E-state index in [4.69, 9.17) is 28.4 Å². The van der Waals surface area contributed by atoms with Crippen LogP contribution in [0.3, 0.4) is 0 Å². The number of hydrogen-bond donors (Lipinski definition) is 0. The molecular weight excluding hydrogens is 450 g/mol. The van der Waals surface area contributed by atoms with Gasteiger partial charge >= 0.3 is 5.97 Å². The second-order valence-electron chi connectivity index (χ2n) is 12.7. The summed E-state index contributed by atoms with van der Waals surface area (Å²) in [5.74, 6) is 0.698. The molecule has 5 aliphatic carbocycles. The predicted molar refractivity (Wildman–Crippen MR) is 124 cm³/mol. The van der Waals surface area contributed by atoms with E-state index in [-0.39, 0.29) is 65.9 Å². The van der Waals surface area contributed by atoms with E-state index in [0.29, 0.717) is 11.8 Å². The van der Waals surface area contributed by atoms with Crippen LogP contribution >= 0.6 is 0 Å². The molecule has 196 valence electrons. The summed E-state index contributed by atoms with van der Waals surface area (Å²) in [4.78, 5) is 15.4. The SMILES string of the molecule is CCN1C[C@]2(C)CCC(OC)C34[C@@H]5C[C@H]6C(OC)[C@@H]5[C@@]5(C[C@@H]6OC)OCOC5(C(OC(C)=O)[C@@H]32)[C@H]14. The monoisotopic (exact) mass is 491 g/mol.